The molecule has 1 aromatic carbocycles. The second-order valence-electron chi connectivity index (χ2n) is 5.87. The topological polar surface area (TPSA) is 66.5 Å². The smallest absolute Gasteiger partial charge is 0.289 e. The number of halogens is 2. The average Bonchev–Trinajstić information content (AvgIpc) is 2.87. The molecule has 0 radical (unpaired) electrons. The molecule has 0 bridgehead atoms. The quantitative estimate of drug-likeness (QED) is 0.858. The minimum Gasteiger partial charge on any atom is -0.347 e. The predicted octanol–water partition coefficient (Wildman–Crippen LogP) is 3.73. The number of nitrogens with one attached hydrogen (secondary N) is 1. The molecule has 1 N–H and O–H groups in total. The molecule has 3 rings (SSSR count). The van der Waals surface area contributed by atoms with Crippen molar-refractivity contribution in [3.8, 4) is 0 Å². The summed E-state index contributed by atoms with van der Waals surface area (Å²) in [5.41, 5.74) is 0.332. The van der Waals surface area contributed by atoms with Gasteiger partial charge >= 0.3 is 0 Å². The van der Waals surface area contributed by atoms with E-state index in [9.17, 15) is 14.4 Å². The van der Waals surface area contributed by atoms with Crippen molar-refractivity contribution in [2.75, 3.05) is 5.75 Å². The predicted molar refractivity (Wildman–Crippen MR) is 94.7 cm³/mol. The molecule has 1 saturated heterocycles. The van der Waals surface area contributed by atoms with Crippen LogP contribution in [0.5, 0.6) is 0 Å². The first kappa shape index (κ1) is 17.6. The second-order valence-corrected chi connectivity index (χ2v) is 7.64. The minimum atomic E-state index is -0.319. The third kappa shape index (κ3) is 3.55. The van der Waals surface area contributed by atoms with Crippen molar-refractivity contribution < 1.29 is 14.4 Å². The summed E-state index contributed by atoms with van der Waals surface area (Å²) in [5.74, 6) is -0.320. The lowest BCUT2D eigenvalue weighted by Crippen LogP contribution is -2.54. The fraction of sp³-hybridized carbons (Fsp3) is 0.438. The fourth-order valence-electron chi connectivity index (χ4n) is 3.19. The first-order valence-electron chi connectivity index (χ1n) is 7.72. The summed E-state index contributed by atoms with van der Waals surface area (Å²) in [5, 5.41) is 3.45. The van der Waals surface area contributed by atoms with E-state index in [1.165, 1.54) is 11.0 Å². The SMILES string of the molecule is O=C(N[C@@H]1CCCC[C@@H]1N1C(=O)CSC1=O)c1ccc(Cl)cc1Cl. The van der Waals surface area contributed by atoms with Gasteiger partial charge in [0.15, 0.2) is 0 Å². The number of imide groups is 1. The Kier molecular flexibility index (Phi) is 5.37. The van der Waals surface area contributed by atoms with Gasteiger partial charge in [-0.3, -0.25) is 19.3 Å². The van der Waals surface area contributed by atoms with E-state index in [1.807, 2.05) is 0 Å². The Bertz CT molecular complexity index is 682. The summed E-state index contributed by atoms with van der Waals surface area (Å²) in [7, 11) is 0. The van der Waals surface area contributed by atoms with E-state index in [0.29, 0.717) is 17.0 Å². The maximum absolute atomic E-state index is 12.5. The van der Waals surface area contributed by atoms with E-state index in [2.05, 4.69) is 5.32 Å². The Hall–Kier alpha value is -1.24. The van der Waals surface area contributed by atoms with Crippen molar-refractivity contribution in [2.24, 2.45) is 0 Å². The minimum absolute atomic E-state index is 0.180. The molecule has 1 aliphatic carbocycles. The first-order chi connectivity index (χ1) is 11.5. The number of amides is 3. The molecule has 5 nitrogen and oxygen atoms in total. The zero-order chi connectivity index (χ0) is 17.3. The highest BCUT2D eigenvalue weighted by molar-refractivity contribution is 8.14. The van der Waals surface area contributed by atoms with Gasteiger partial charge in [-0.05, 0) is 31.0 Å². The van der Waals surface area contributed by atoms with Crippen LogP contribution in [-0.2, 0) is 4.79 Å². The Morgan fingerprint density at radius 1 is 1.21 bits per heavy atom. The lowest BCUT2D eigenvalue weighted by molar-refractivity contribution is -0.127. The zero-order valence-corrected chi connectivity index (χ0v) is 15.1. The van der Waals surface area contributed by atoms with Crippen LogP contribution in [0.15, 0.2) is 18.2 Å². The number of nitrogens with zero attached hydrogens (tertiary/aromatic N) is 1. The number of benzene rings is 1. The van der Waals surface area contributed by atoms with Gasteiger partial charge < -0.3 is 5.32 Å². The van der Waals surface area contributed by atoms with Gasteiger partial charge in [0.2, 0.25) is 5.91 Å². The Morgan fingerprint density at radius 3 is 2.62 bits per heavy atom. The number of carbonyl (C=O) groups excluding carboxylic acids is 3. The van der Waals surface area contributed by atoms with Gasteiger partial charge in [-0.2, -0.15) is 0 Å². The molecule has 3 amide bonds. The van der Waals surface area contributed by atoms with Gasteiger partial charge in [-0.1, -0.05) is 47.8 Å². The number of hydrogen-bond acceptors (Lipinski definition) is 4. The fourth-order valence-corrected chi connectivity index (χ4v) is 4.45. The highest BCUT2D eigenvalue weighted by atomic mass is 35.5. The monoisotopic (exact) mass is 386 g/mol. The number of carbonyl (C=O) groups is 3. The molecule has 1 saturated carbocycles. The van der Waals surface area contributed by atoms with Crippen LogP contribution >= 0.6 is 35.0 Å². The van der Waals surface area contributed by atoms with E-state index in [-0.39, 0.29) is 39.9 Å². The lowest BCUT2D eigenvalue weighted by Gasteiger charge is -2.36. The van der Waals surface area contributed by atoms with Crippen LogP contribution in [-0.4, -0.2) is 39.8 Å². The van der Waals surface area contributed by atoms with Crippen LogP contribution in [0.1, 0.15) is 36.0 Å². The first-order valence-corrected chi connectivity index (χ1v) is 9.46. The lowest BCUT2D eigenvalue weighted by atomic mass is 9.89. The van der Waals surface area contributed by atoms with Crippen molar-refractivity contribution in [3.05, 3.63) is 33.8 Å². The highest BCUT2D eigenvalue weighted by Gasteiger charge is 2.41. The molecule has 0 unspecified atom stereocenters. The standard InChI is InChI=1S/C16H16Cl2N2O3S/c17-9-5-6-10(11(18)7-9)15(22)19-12-3-1-2-4-13(12)20-14(21)8-24-16(20)23/h5-7,12-13H,1-4,8H2,(H,19,22)/t12-,13+/m1/s1. The molecule has 8 heteroatoms. The van der Waals surface area contributed by atoms with Crippen LogP contribution in [0, 0.1) is 0 Å². The molecular formula is C16H16Cl2N2O3S. The van der Waals surface area contributed by atoms with Crippen LogP contribution in [0.3, 0.4) is 0 Å². The molecule has 0 aromatic heterocycles. The molecular weight excluding hydrogens is 371 g/mol. The maximum Gasteiger partial charge on any atom is 0.289 e. The molecule has 128 valence electrons. The van der Waals surface area contributed by atoms with Crippen LogP contribution in [0.25, 0.3) is 0 Å². The molecule has 1 heterocycles. The summed E-state index contributed by atoms with van der Waals surface area (Å²) in [6, 6.07) is 4.14. The third-order valence-corrected chi connectivity index (χ3v) is 5.72. The molecule has 1 aromatic rings. The van der Waals surface area contributed by atoms with Gasteiger partial charge in [0.25, 0.3) is 11.1 Å². The summed E-state index contributed by atoms with van der Waals surface area (Å²) >= 11 is 13.0. The van der Waals surface area contributed by atoms with E-state index < -0.39 is 0 Å². The van der Waals surface area contributed by atoms with Crippen molar-refractivity contribution in [3.63, 3.8) is 0 Å². The molecule has 24 heavy (non-hydrogen) atoms. The number of hydrogen-bond donors (Lipinski definition) is 1. The number of thioether (sulfide) groups is 1. The molecule has 2 aliphatic rings. The van der Waals surface area contributed by atoms with E-state index >= 15 is 0 Å². The highest BCUT2D eigenvalue weighted by Crippen LogP contribution is 2.30. The van der Waals surface area contributed by atoms with Gasteiger partial charge in [0, 0.05) is 5.02 Å². The Labute approximate surface area is 154 Å². The van der Waals surface area contributed by atoms with Crippen molar-refractivity contribution in [1.82, 2.24) is 10.2 Å². The van der Waals surface area contributed by atoms with Gasteiger partial charge in [0.1, 0.15) is 0 Å². The van der Waals surface area contributed by atoms with E-state index in [0.717, 1.165) is 31.0 Å². The van der Waals surface area contributed by atoms with Gasteiger partial charge in [-0.25, -0.2) is 0 Å². The average molecular weight is 387 g/mol. The molecule has 2 fully saturated rings. The van der Waals surface area contributed by atoms with Crippen molar-refractivity contribution in [2.45, 2.75) is 37.8 Å². The van der Waals surface area contributed by atoms with Crippen LogP contribution < -0.4 is 5.32 Å². The summed E-state index contributed by atoms with van der Waals surface area (Å²) in [4.78, 5) is 37.9. The van der Waals surface area contributed by atoms with E-state index in [4.69, 9.17) is 23.2 Å². The van der Waals surface area contributed by atoms with Crippen molar-refractivity contribution >= 4 is 52.0 Å². The van der Waals surface area contributed by atoms with E-state index in [1.54, 1.807) is 12.1 Å². The van der Waals surface area contributed by atoms with Crippen LogP contribution in [0.4, 0.5) is 4.79 Å². The molecule has 1 aliphatic heterocycles. The van der Waals surface area contributed by atoms with Crippen molar-refractivity contribution in [1.29, 1.82) is 0 Å². The zero-order valence-electron chi connectivity index (χ0n) is 12.8. The third-order valence-electron chi connectivity index (χ3n) is 4.34. The second kappa shape index (κ2) is 7.33. The number of rotatable bonds is 3. The summed E-state index contributed by atoms with van der Waals surface area (Å²) in [6.45, 7) is 0. The molecule has 0 spiro atoms. The van der Waals surface area contributed by atoms with Gasteiger partial charge in [-0.15, -0.1) is 0 Å². The van der Waals surface area contributed by atoms with Gasteiger partial charge in [0.05, 0.1) is 28.4 Å². The Morgan fingerprint density at radius 2 is 1.96 bits per heavy atom. The largest absolute Gasteiger partial charge is 0.347 e. The molecule has 2 atom stereocenters. The van der Waals surface area contributed by atoms with Crippen LogP contribution in [0.2, 0.25) is 10.0 Å². The summed E-state index contributed by atoms with van der Waals surface area (Å²) in [6.07, 6.45) is 3.31. The Balaban J connectivity index is 1.77. The maximum atomic E-state index is 12.5. The normalized spacial score (nSPS) is 24.3. The summed E-state index contributed by atoms with van der Waals surface area (Å²) < 4.78 is 0.